The largest absolute Gasteiger partial charge is 0.467 e. The van der Waals surface area contributed by atoms with Gasteiger partial charge in [0.25, 0.3) is 0 Å². The summed E-state index contributed by atoms with van der Waals surface area (Å²) in [5.41, 5.74) is 0. The molecule has 1 heterocycles. The van der Waals surface area contributed by atoms with Crippen LogP contribution >= 0.6 is 0 Å². The Morgan fingerprint density at radius 3 is 2.56 bits per heavy atom. The number of esters is 2. The molecule has 5 heteroatoms. The molecule has 2 unspecified atom stereocenters. The highest BCUT2D eigenvalue weighted by Crippen LogP contribution is 2.24. The molecule has 0 amide bonds. The van der Waals surface area contributed by atoms with E-state index < -0.39 is 12.1 Å². The highest BCUT2D eigenvalue weighted by molar-refractivity contribution is 5.74. The van der Waals surface area contributed by atoms with Gasteiger partial charge in [-0.05, 0) is 6.42 Å². The first-order valence-corrected chi connectivity index (χ1v) is 5.47. The van der Waals surface area contributed by atoms with Crippen molar-refractivity contribution in [3.05, 3.63) is 0 Å². The van der Waals surface area contributed by atoms with E-state index >= 15 is 0 Å². The summed E-state index contributed by atoms with van der Waals surface area (Å²) in [4.78, 5) is 22.2. The molecule has 1 saturated heterocycles. The SMILES string of the molecule is CCC1C[C@@H](OC(C)=O)CC(C(=O)OC)O1. The van der Waals surface area contributed by atoms with Crippen LogP contribution in [0.2, 0.25) is 0 Å². The Labute approximate surface area is 95.0 Å². The summed E-state index contributed by atoms with van der Waals surface area (Å²) >= 11 is 0. The molecular formula is C11H18O5. The van der Waals surface area contributed by atoms with E-state index in [0.717, 1.165) is 6.42 Å². The number of carbonyl (C=O) groups excluding carboxylic acids is 2. The topological polar surface area (TPSA) is 61.8 Å². The molecule has 0 radical (unpaired) electrons. The van der Waals surface area contributed by atoms with E-state index in [9.17, 15) is 9.59 Å². The number of rotatable bonds is 3. The lowest BCUT2D eigenvalue weighted by Gasteiger charge is -2.33. The maximum atomic E-state index is 11.4. The minimum absolute atomic E-state index is 0.0535. The second kappa shape index (κ2) is 5.84. The van der Waals surface area contributed by atoms with Gasteiger partial charge in [-0.2, -0.15) is 0 Å². The smallest absolute Gasteiger partial charge is 0.335 e. The van der Waals surface area contributed by atoms with Crippen LogP contribution < -0.4 is 0 Å². The maximum Gasteiger partial charge on any atom is 0.335 e. The lowest BCUT2D eigenvalue weighted by Crippen LogP contribution is -2.41. The molecule has 1 fully saturated rings. The zero-order chi connectivity index (χ0) is 12.1. The molecule has 0 aromatic rings. The molecule has 0 bridgehead atoms. The molecule has 5 nitrogen and oxygen atoms in total. The van der Waals surface area contributed by atoms with E-state index in [1.807, 2.05) is 6.92 Å². The summed E-state index contributed by atoms with van der Waals surface area (Å²) in [6.45, 7) is 3.33. The Morgan fingerprint density at radius 1 is 1.38 bits per heavy atom. The quantitative estimate of drug-likeness (QED) is 0.678. The summed E-state index contributed by atoms with van der Waals surface area (Å²) in [6, 6.07) is 0. The number of carbonyl (C=O) groups is 2. The first-order chi connectivity index (χ1) is 7.56. The van der Waals surface area contributed by atoms with Crippen LogP contribution in [-0.4, -0.2) is 37.4 Å². The van der Waals surface area contributed by atoms with Crippen molar-refractivity contribution < 1.29 is 23.8 Å². The summed E-state index contributed by atoms with van der Waals surface area (Å²) in [7, 11) is 1.32. The molecule has 0 aliphatic carbocycles. The second-order valence-electron chi connectivity index (χ2n) is 3.88. The third-order valence-corrected chi connectivity index (χ3v) is 2.61. The Bertz CT molecular complexity index is 263. The van der Waals surface area contributed by atoms with Crippen molar-refractivity contribution in [3.63, 3.8) is 0 Å². The van der Waals surface area contributed by atoms with Gasteiger partial charge < -0.3 is 14.2 Å². The van der Waals surface area contributed by atoms with Crippen LogP contribution in [0.1, 0.15) is 33.1 Å². The highest BCUT2D eigenvalue weighted by Gasteiger charge is 2.35. The van der Waals surface area contributed by atoms with Gasteiger partial charge in [0.2, 0.25) is 0 Å². The van der Waals surface area contributed by atoms with Crippen LogP contribution in [0.4, 0.5) is 0 Å². The van der Waals surface area contributed by atoms with Crippen LogP contribution in [-0.2, 0) is 23.8 Å². The summed E-state index contributed by atoms with van der Waals surface area (Å²) in [6.07, 6.45) is 0.882. The van der Waals surface area contributed by atoms with Gasteiger partial charge in [0.05, 0.1) is 13.2 Å². The number of hydrogen-bond acceptors (Lipinski definition) is 5. The lowest BCUT2D eigenvalue weighted by molar-refractivity contribution is -0.177. The summed E-state index contributed by atoms with van der Waals surface area (Å²) < 4.78 is 15.3. The standard InChI is InChI=1S/C11H18O5/c1-4-8-5-9(15-7(2)12)6-10(16-8)11(13)14-3/h8-10H,4-6H2,1-3H3/t8?,9-,10?/m1/s1. The van der Waals surface area contributed by atoms with Crippen LogP contribution in [0, 0.1) is 0 Å². The summed E-state index contributed by atoms with van der Waals surface area (Å²) in [5.74, 6) is -0.735. The van der Waals surface area contributed by atoms with Gasteiger partial charge in [0.1, 0.15) is 6.10 Å². The monoisotopic (exact) mass is 230 g/mol. The average Bonchev–Trinajstić information content (AvgIpc) is 2.26. The van der Waals surface area contributed by atoms with Crippen LogP contribution in [0.5, 0.6) is 0 Å². The molecule has 16 heavy (non-hydrogen) atoms. The van der Waals surface area contributed by atoms with Gasteiger partial charge in [0, 0.05) is 19.8 Å². The van der Waals surface area contributed by atoms with Gasteiger partial charge in [-0.25, -0.2) is 4.79 Å². The Kier molecular flexibility index (Phi) is 4.73. The Balaban J connectivity index is 2.60. The Hall–Kier alpha value is -1.10. The fraction of sp³-hybridized carbons (Fsp3) is 0.818. The van der Waals surface area contributed by atoms with Gasteiger partial charge >= 0.3 is 11.9 Å². The molecule has 3 atom stereocenters. The van der Waals surface area contributed by atoms with Crippen molar-refractivity contribution in [2.75, 3.05) is 7.11 Å². The van der Waals surface area contributed by atoms with Crippen molar-refractivity contribution in [3.8, 4) is 0 Å². The minimum Gasteiger partial charge on any atom is -0.467 e. The van der Waals surface area contributed by atoms with E-state index in [1.165, 1.54) is 14.0 Å². The normalized spacial score (nSPS) is 29.6. The molecule has 1 rings (SSSR count). The highest BCUT2D eigenvalue weighted by atomic mass is 16.6. The first kappa shape index (κ1) is 13.0. The van der Waals surface area contributed by atoms with E-state index in [-0.39, 0.29) is 18.2 Å². The minimum atomic E-state index is -0.618. The van der Waals surface area contributed by atoms with Crippen molar-refractivity contribution in [2.24, 2.45) is 0 Å². The second-order valence-corrected chi connectivity index (χ2v) is 3.88. The van der Waals surface area contributed by atoms with Crippen molar-refractivity contribution in [2.45, 2.75) is 51.4 Å². The molecule has 0 saturated carbocycles. The van der Waals surface area contributed by atoms with E-state index in [0.29, 0.717) is 12.8 Å². The van der Waals surface area contributed by atoms with Gasteiger partial charge in [-0.15, -0.1) is 0 Å². The molecular weight excluding hydrogens is 212 g/mol. The Morgan fingerprint density at radius 2 is 2.06 bits per heavy atom. The third kappa shape index (κ3) is 3.48. The predicted octanol–water partition coefficient (Wildman–Crippen LogP) is 1.05. The molecule has 1 aliphatic heterocycles. The van der Waals surface area contributed by atoms with Gasteiger partial charge in [-0.3, -0.25) is 4.79 Å². The van der Waals surface area contributed by atoms with E-state index in [4.69, 9.17) is 9.47 Å². The van der Waals surface area contributed by atoms with Gasteiger partial charge in [-0.1, -0.05) is 6.92 Å². The first-order valence-electron chi connectivity index (χ1n) is 5.47. The molecule has 1 aliphatic rings. The fourth-order valence-corrected chi connectivity index (χ4v) is 1.85. The van der Waals surface area contributed by atoms with Crippen molar-refractivity contribution in [1.82, 2.24) is 0 Å². The number of hydrogen-bond donors (Lipinski definition) is 0. The molecule has 0 spiro atoms. The fourth-order valence-electron chi connectivity index (χ4n) is 1.85. The molecule has 0 aromatic heterocycles. The average molecular weight is 230 g/mol. The third-order valence-electron chi connectivity index (χ3n) is 2.61. The maximum absolute atomic E-state index is 11.4. The summed E-state index contributed by atoms with van der Waals surface area (Å²) in [5, 5.41) is 0. The zero-order valence-corrected chi connectivity index (χ0v) is 9.89. The van der Waals surface area contributed by atoms with Crippen LogP contribution in [0.3, 0.4) is 0 Å². The number of ether oxygens (including phenoxy) is 3. The zero-order valence-electron chi connectivity index (χ0n) is 9.89. The predicted molar refractivity (Wildman–Crippen MR) is 55.8 cm³/mol. The molecule has 92 valence electrons. The van der Waals surface area contributed by atoms with Crippen molar-refractivity contribution >= 4 is 11.9 Å². The van der Waals surface area contributed by atoms with Crippen LogP contribution in [0.25, 0.3) is 0 Å². The van der Waals surface area contributed by atoms with Crippen LogP contribution in [0.15, 0.2) is 0 Å². The molecule has 0 aromatic carbocycles. The van der Waals surface area contributed by atoms with Gasteiger partial charge in [0.15, 0.2) is 6.10 Å². The van der Waals surface area contributed by atoms with Crippen molar-refractivity contribution in [1.29, 1.82) is 0 Å². The molecule has 0 N–H and O–H groups in total. The van der Waals surface area contributed by atoms with E-state index in [2.05, 4.69) is 4.74 Å². The lowest BCUT2D eigenvalue weighted by atomic mass is 9.99. The number of methoxy groups -OCH3 is 1. The van der Waals surface area contributed by atoms with E-state index in [1.54, 1.807) is 0 Å².